The summed E-state index contributed by atoms with van der Waals surface area (Å²) in [6.07, 6.45) is 3.69. The molecule has 1 N–H and O–H groups in total. The first-order chi connectivity index (χ1) is 13.6. The van der Waals surface area contributed by atoms with E-state index in [1.807, 2.05) is 47.5 Å². The highest BCUT2D eigenvalue weighted by molar-refractivity contribution is 7.14. The van der Waals surface area contributed by atoms with Gasteiger partial charge < -0.3 is 14.6 Å². The normalized spacial score (nSPS) is 12.0. The van der Waals surface area contributed by atoms with Crippen LogP contribution in [0.3, 0.4) is 0 Å². The predicted molar refractivity (Wildman–Crippen MR) is 109 cm³/mol. The molecule has 1 atom stereocenters. The molecule has 0 amide bonds. The maximum atomic E-state index is 13.2. The smallest absolute Gasteiger partial charge is 0.184 e. The zero-order valence-electron chi connectivity index (χ0n) is 15.5. The molecule has 4 aromatic rings. The average molecular weight is 394 g/mol. The zero-order valence-corrected chi connectivity index (χ0v) is 16.3. The number of hydrogen-bond donors (Lipinski definition) is 1. The van der Waals surface area contributed by atoms with E-state index >= 15 is 0 Å². The molecule has 28 heavy (non-hydrogen) atoms. The molecule has 0 bridgehead atoms. The van der Waals surface area contributed by atoms with Gasteiger partial charge in [-0.25, -0.2) is 14.4 Å². The Kier molecular flexibility index (Phi) is 5.08. The monoisotopic (exact) mass is 394 g/mol. The number of thiazole rings is 1. The first-order valence-corrected chi connectivity index (χ1v) is 9.61. The molecule has 0 aliphatic carbocycles. The van der Waals surface area contributed by atoms with Crippen molar-refractivity contribution >= 4 is 16.5 Å². The van der Waals surface area contributed by atoms with E-state index in [0.29, 0.717) is 0 Å². The number of methoxy groups -OCH3 is 1. The second kappa shape index (κ2) is 7.82. The largest absolute Gasteiger partial charge is 0.497 e. The number of nitrogens with one attached hydrogen (secondary N) is 1. The Labute approximate surface area is 166 Å². The summed E-state index contributed by atoms with van der Waals surface area (Å²) in [5.41, 5.74) is 2.70. The Morgan fingerprint density at radius 2 is 2.00 bits per heavy atom. The van der Waals surface area contributed by atoms with Gasteiger partial charge in [-0.1, -0.05) is 12.1 Å². The van der Waals surface area contributed by atoms with E-state index in [1.54, 1.807) is 25.4 Å². The van der Waals surface area contributed by atoms with Gasteiger partial charge in [0, 0.05) is 30.4 Å². The quantitative estimate of drug-likeness (QED) is 0.506. The molecule has 2 aromatic carbocycles. The van der Waals surface area contributed by atoms with Crippen molar-refractivity contribution in [2.24, 2.45) is 7.05 Å². The van der Waals surface area contributed by atoms with E-state index in [0.717, 1.165) is 33.5 Å². The van der Waals surface area contributed by atoms with Crippen molar-refractivity contribution in [2.75, 3.05) is 12.4 Å². The van der Waals surface area contributed by atoms with Crippen LogP contribution >= 0.6 is 11.3 Å². The summed E-state index contributed by atoms with van der Waals surface area (Å²) in [4.78, 5) is 9.19. The number of hydrogen-bond acceptors (Lipinski definition) is 5. The van der Waals surface area contributed by atoms with E-state index in [4.69, 9.17) is 4.74 Å². The lowest BCUT2D eigenvalue weighted by atomic mass is 10.1. The molecule has 2 heterocycles. The van der Waals surface area contributed by atoms with Crippen molar-refractivity contribution in [3.8, 4) is 17.0 Å². The molecule has 0 radical (unpaired) electrons. The molecule has 4 rings (SSSR count). The van der Waals surface area contributed by atoms with Gasteiger partial charge in [-0.15, -0.1) is 11.3 Å². The van der Waals surface area contributed by atoms with Crippen LogP contribution in [0, 0.1) is 5.82 Å². The van der Waals surface area contributed by atoms with Crippen molar-refractivity contribution in [1.82, 2.24) is 14.5 Å². The van der Waals surface area contributed by atoms with Gasteiger partial charge >= 0.3 is 0 Å². The molecule has 5 nitrogen and oxygen atoms in total. The van der Waals surface area contributed by atoms with Crippen molar-refractivity contribution in [3.63, 3.8) is 0 Å². The molecular formula is C21H19FN4OS. The van der Waals surface area contributed by atoms with Crippen LogP contribution in [0.4, 0.5) is 9.52 Å². The minimum atomic E-state index is -0.259. The fourth-order valence-electron chi connectivity index (χ4n) is 2.99. The number of rotatable bonds is 6. The van der Waals surface area contributed by atoms with Crippen LogP contribution in [0.2, 0.25) is 0 Å². The standard InChI is InChI=1S/C21H19FN4OS/c1-26-11-10-23-20(26)19(15-4-3-5-17(12-15)27-2)25-21-24-18(13-28-21)14-6-8-16(22)9-7-14/h3-13,19H,1-2H3,(H,24,25). The van der Waals surface area contributed by atoms with E-state index in [-0.39, 0.29) is 11.9 Å². The van der Waals surface area contributed by atoms with Crippen molar-refractivity contribution in [1.29, 1.82) is 0 Å². The SMILES string of the molecule is COc1cccc(C(Nc2nc(-c3ccc(F)cc3)cs2)c2nccn2C)c1. The van der Waals surface area contributed by atoms with Crippen LogP contribution in [-0.4, -0.2) is 21.6 Å². The van der Waals surface area contributed by atoms with Gasteiger partial charge in [-0.3, -0.25) is 0 Å². The molecule has 1 unspecified atom stereocenters. The zero-order chi connectivity index (χ0) is 19.5. The Morgan fingerprint density at radius 3 is 2.71 bits per heavy atom. The number of nitrogens with zero attached hydrogens (tertiary/aromatic N) is 3. The maximum absolute atomic E-state index is 13.2. The number of imidazole rings is 1. The highest BCUT2D eigenvalue weighted by atomic mass is 32.1. The highest BCUT2D eigenvalue weighted by Gasteiger charge is 2.20. The van der Waals surface area contributed by atoms with Crippen LogP contribution in [0.15, 0.2) is 66.3 Å². The summed E-state index contributed by atoms with van der Waals surface area (Å²) in [6.45, 7) is 0. The summed E-state index contributed by atoms with van der Waals surface area (Å²) in [5.74, 6) is 1.39. The van der Waals surface area contributed by atoms with Crippen molar-refractivity contribution in [2.45, 2.75) is 6.04 Å². The van der Waals surface area contributed by atoms with Crippen LogP contribution in [0.5, 0.6) is 5.75 Å². The number of aromatic nitrogens is 3. The van der Waals surface area contributed by atoms with Gasteiger partial charge in [-0.05, 0) is 42.0 Å². The summed E-state index contributed by atoms with van der Waals surface area (Å²) >= 11 is 1.50. The van der Waals surface area contributed by atoms with Gasteiger partial charge in [0.2, 0.25) is 0 Å². The van der Waals surface area contributed by atoms with Gasteiger partial charge in [0.1, 0.15) is 23.4 Å². The number of aryl methyl sites for hydroxylation is 1. The number of anilines is 1. The fraction of sp³-hybridized carbons (Fsp3) is 0.143. The Morgan fingerprint density at radius 1 is 1.18 bits per heavy atom. The Hall–Kier alpha value is -3.19. The number of halogens is 1. The summed E-state index contributed by atoms with van der Waals surface area (Å²) < 4.78 is 20.5. The summed E-state index contributed by atoms with van der Waals surface area (Å²) in [7, 11) is 3.61. The minimum absolute atomic E-state index is 0.192. The van der Waals surface area contributed by atoms with E-state index in [1.165, 1.54) is 23.5 Å². The second-order valence-electron chi connectivity index (χ2n) is 6.30. The topological polar surface area (TPSA) is 52.0 Å². The summed E-state index contributed by atoms with van der Waals surface area (Å²) in [5, 5.41) is 6.20. The molecule has 0 saturated heterocycles. The first kappa shape index (κ1) is 18.2. The third-order valence-corrected chi connectivity index (χ3v) is 5.23. The lowest BCUT2D eigenvalue weighted by Gasteiger charge is -2.19. The maximum Gasteiger partial charge on any atom is 0.184 e. The first-order valence-electron chi connectivity index (χ1n) is 8.73. The summed E-state index contributed by atoms with van der Waals surface area (Å²) in [6, 6.07) is 14.0. The molecule has 2 aromatic heterocycles. The predicted octanol–water partition coefficient (Wildman–Crippen LogP) is 4.89. The van der Waals surface area contributed by atoms with Crippen LogP contribution in [0.25, 0.3) is 11.3 Å². The molecule has 142 valence electrons. The van der Waals surface area contributed by atoms with Gasteiger partial charge in [0.15, 0.2) is 5.13 Å². The van der Waals surface area contributed by atoms with Gasteiger partial charge in [0.25, 0.3) is 0 Å². The molecular weight excluding hydrogens is 375 g/mol. The molecule has 0 aliphatic rings. The van der Waals surface area contributed by atoms with E-state index in [2.05, 4.69) is 15.3 Å². The molecule has 0 spiro atoms. The molecule has 0 aliphatic heterocycles. The van der Waals surface area contributed by atoms with E-state index < -0.39 is 0 Å². The number of ether oxygens (including phenoxy) is 1. The Bertz CT molecular complexity index is 1070. The number of benzene rings is 2. The lowest BCUT2D eigenvalue weighted by molar-refractivity contribution is 0.414. The molecule has 0 fully saturated rings. The third-order valence-electron chi connectivity index (χ3n) is 4.46. The second-order valence-corrected chi connectivity index (χ2v) is 7.15. The van der Waals surface area contributed by atoms with Crippen LogP contribution in [-0.2, 0) is 7.05 Å². The minimum Gasteiger partial charge on any atom is -0.497 e. The van der Waals surface area contributed by atoms with Crippen molar-refractivity contribution < 1.29 is 9.13 Å². The van der Waals surface area contributed by atoms with E-state index in [9.17, 15) is 4.39 Å². The highest BCUT2D eigenvalue weighted by Crippen LogP contribution is 2.31. The molecule has 0 saturated carbocycles. The van der Waals surface area contributed by atoms with Crippen molar-refractivity contribution in [3.05, 3.63) is 83.5 Å². The van der Waals surface area contributed by atoms with Crippen LogP contribution < -0.4 is 10.1 Å². The van der Waals surface area contributed by atoms with Gasteiger partial charge in [-0.2, -0.15) is 0 Å². The third kappa shape index (κ3) is 3.75. The van der Waals surface area contributed by atoms with Gasteiger partial charge in [0.05, 0.1) is 12.8 Å². The Balaban J connectivity index is 1.67. The fourth-order valence-corrected chi connectivity index (χ4v) is 3.74. The molecule has 7 heteroatoms. The lowest BCUT2D eigenvalue weighted by Crippen LogP contribution is -2.16. The van der Waals surface area contributed by atoms with Crippen LogP contribution in [0.1, 0.15) is 17.4 Å². The average Bonchev–Trinajstić information content (AvgIpc) is 3.36.